The summed E-state index contributed by atoms with van der Waals surface area (Å²) >= 11 is 0. The molecule has 88 valence electrons. The van der Waals surface area contributed by atoms with E-state index in [0.29, 0.717) is 12.3 Å². The van der Waals surface area contributed by atoms with Gasteiger partial charge >= 0.3 is 5.97 Å². The number of phenolic OH excluding ortho intramolecular Hbond substituents is 2. The largest absolute Gasteiger partial charge is 0.504 e. The summed E-state index contributed by atoms with van der Waals surface area (Å²) in [6, 6.07) is 3.73. The van der Waals surface area contributed by atoms with Crippen molar-refractivity contribution in [1.82, 2.24) is 0 Å². The van der Waals surface area contributed by atoms with Crippen LogP contribution in [0.5, 0.6) is 11.5 Å². The third-order valence-corrected chi connectivity index (χ3v) is 2.00. The van der Waals surface area contributed by atoms with E-state index in [4.69, 9.17) is 9.84 Å². The Morgan fingerprint density at radius 3 is 2.69 bits per heavy atom. The van der Waals surface area contributed by atoms with Crippen molar-refractivity contribution in [3.8, 4) is 11.5 Å². The van der Waals surface area contributed by atoms with Gasteiger partial charge in [0.1, 0.15) is 6.04 Å². The minimum absolute atomic E-state index is 0.200. The van der Waals surface area contributed by atoms with Crippen molar-refractivity contribution in [3.63, 3.8) is 0 Å². The SMILES string of the molecule is CCOC(=O)C(C)Nc1ccc(O)c(O)c1. The van der Waals surface area contributed by atoms with Crippen molar-refractivity contribution < 1.29 is 19.7 Å². The first kappa shape index (κ1) is 12.2. The van der Waals surface area contributed by atoms with Gasteiger partial charge in [-0.15, -0.1) is 0 Å². The van der Waals surface area contributed by atoms with Gasteiger partial charge in [-0.25, -0.2) is 4.79 Å². The highest BCUT2D eigenvalue weighted by atomic mass is 16.5. The number of hydrogen-bond donors (Lipinski definition) is 3. The summed E-state index contributed by atoms with van der Waals surface area (Å²) in [6.07, 6.45) is 0. The Bertz CT molecular complexity index is 378. The van der Waals surface area contributed by atoms with Crippen molar-refractivity contribution in [3.05, 3.63) is 18.2 Å². The monoisotopic (exact) mass is 225 g/mol. The molecule has 5 heteroatoms. The Balaban J connectivity index is 2.66. The fraction of sp³-hybridized carbons (Fsp3) is 0.364. The minimum atomic E-state index is -0.510. The van der Waals surface area contributed by atoms with E-state index in [2.05, 4.69) is 5.32 Å². The third-order valence-electron chi connectivity index (χ3n) is 2.00. The van der Waals surface area contributed by atoms with Gasteiger partial charge in [0, 0.05) is 11.8 Å². The summed E-state index contributed by atoms with van der Waals surface area (Å²) < 4.78 is 4.82. The van der Waals surface area contributed by atoms with Gasteiger partial charge in [-0.3, -0.25) is 0 Å². The lowest BCUT2D eigenvalue weighted by Gasteiger charge is -2.14. The average molecular weight is 225 g/mol. The first-order chi connectivity index (χ1) is 7.54. The van der Waals surface area contributed by atoms with Crippen molar-refractivity contribution in [1.29, 1.82) is 0 Å². The molecule has 0 spiro atoms. The molecule has 0 bridgehead atoms. The lowest BCUT2D eigenvalue weighted by molar-refractivity contribution is -0.143. The van der Waals surface area contributed by atoms with E-state index in [1.165, 1.54) is 12.1 Å². The Morgan fingerprint density at radius 1 is 1.44 bits per heavy atom. The number of phenols is 2. The number of carbonyl (C=O) groups excluding carboxylic acids is 1. The van der Waals surface area contributed by atoms with Crippen molar-refractivity contribution in [2.45, 2.75) is 19.9 Å². The smallest absolute Gasteiger partial charge is 0.328 e. The number of benzene rings is 1. The summed E-state index contributed by atoms with van der Waals surface area (Å²) in [5.41, 5.74) is 0.538. The average Bonchev–Trinajstić information content (AvgIpc) is 2.24. The number of carbonyl (C=O) groups is 1. The molecule has 0 heterocycles. The molecule has 0 aliphatic heterocycles. The van der Waals surface area contributed by atoms with E-state index in [0.717, 1.165) is 0 Å². The first-order valence-corrected chi connectivity index (χ1v) is 4.99. The van der Waals surface area contributed by atoms with Crippen molar-refractivity contribution in [2.24, 2.45) is 0 Å². The molecule has 1 rings (SSSR count). The number of nitrogens with one attached hydrogen (secondary N) is 1. The second-order valence-corrected chi connectivity index (χ2v) is 3.32. The van der Waals surface area contributed by atoms with Crippen LogP contribution in [0, 0.1) is 0 Å². The highest BCUT2D eigenvalue weighted by Gasteiger charge is 2.13. The highest BCUT2D eigenvalue weighted by Crippen LogP contribution is 2.27. The maximum atomic E-state index is 11.3. The van der Waals surface area contributed by atoms with Crippen LogP contribution in [-0.4, -0.2) is 28.8 Å². The van der Waals surface area contributed by atoms with Gasteiger partial charge < -0.3 is 20.3 Å². The molecule has 0 saturated heterocycles. The van der Waals surface area contributed by atoms with Crippen LogP contribution in [0.3, 0.4) is 0 Å². The zero-order valence-electron chi connectivity index (χ0n) is 9.23. The van der Waals surface area contributed by atoms with Crippen molar-refractivity contribution >= 4 is 11.7 Å². The molecule has 0 aromatic heterocycles. The second kappa shape index (κ2) is 5.25. The molecule has 1 unspecified atom stereocenters. The van der Waals surface area contributed by atoms with E-state index >= 15 is 0 Å². The summed E-state index contributed by atoms with van der Waals surface area (Å²) in [4.78, 5) is 11.3. The molecule has 1 atom stereocenters. The first-order valence-electron chi connectivity index (χ1n) is 4.99. The molecule has 0 aliphatic rings. The molecule has 1 aromatic rings. The van der Waals surface area contributed by atoms with Crippen LogP contribution < -0.4 is 5.32 Å². The number of ether oxygens (including phenoxy) is 1. The van der Waals surface area contributed by atoms with Crippen LogP contribution in [0.25, 0.3) is 0 Å². The lowest BCUT2D eigenvalue weighted by Crippen LogP contribution is -2.28. The Morgan fingerprint density at radius 2 is 2.12 bits per heavy atom. The lowest BCUT2D eigenvalue weighted by atomic mass is 10.2. The van der Waals surface area contributed by atoms with Crippen molar-refractivity contribution in [2.75, 3.05) is 11.9 Å². The minimum Gasteiger partial charge on any atom is -0.504 e. The molecule has 0 aliphatic carbocycles. The number of aromatic hydroxyl groups is 2. The maximum Gasteiger partial charge on any atom is 0.328 e. The second-order valence-electron chi connectivity index (χ2n) is 3.32. The van der Waals surface area contributed by atoms with Gasteiger partial charge in [0.05, 0.1) is 6.61 Å². The van der Waals surface area contributed by atoms with Gasteiger partial charge in [-0.1, -0.05) is 0 Å². The summed E-state index contributed by atoms with van der Waals surface area (Å²) in [5, 5.41) is 21.2. The number of hydrogen-bond acceptors (Lipinski definition) is 5. The van der Waals surface area contributed by atoms with Crippen LogP contribution in [-0.2, 0) is 9.53 Å². The standard InChI is InChI=1S/C11H15NO4/c1-3-16-11(15)7(2)12-8-4-5-9(13)10(14)6-8/h4-7,12-14H,3H2,1-2H3. The summed E-state index contributed by atoms with van der Waals surface area (Å²) in [7, 11) is 0. The molecule has 16 heavy (non-hydrogen) atoms. The molecular weight excluding hydrogens is 210 g/mol. The van der Waals surface area contributed by atoms with E-state index in [9.17, 15) is 9.90 Å². The van der Waals surface area contributed by atoms with Crippen LogP contribution in [0.1, 0.15) is 13.8 Å². The zero-order chi connectivity index (χ0) is 12.1. The van der Waals surface area contributed by atoms with Gasteiger partial charge in [0.25, 0.3) is 0 Å². The van der Waals surface area contributed by atoms with E-state index in [1.54, 1.807) is 19.9 Å². The van der Waals surface area contributed by atoms with Crippen LogP contribution in [0.2, 0.25) is 0 Å². The van der Waals surface area contributed by atoms with E-state index in [-0.39, 0.29) is 17.5 Å². The fourth-order valence-electron chi connectivity index (χ4n) is 1.19. The maximum absolute atomic E-state index is 11.3. The predicted molar refractivity (Wildman–Crippen MR) is 59.5 cm³/mol. The van der Waals surface area contributed by atoms with E-state index in [1.807, 2.05) is 0 Å². The van der Waals surface area contributed by atoms with Gasteiger partial charge in [0.2, 0.25) is 0 Å². The molecule has 0 saturated carbocycles. The Kier molecular flexibility index (Phi) is 3.99. The Hall–Kier alpha value is -1.91. The Labute approximate surface area is 93.7 Å². The van der Waals surface area contributed by atoms with Gasteiger partial charge in [0.15, 0.2) is 11.5 Å². The normalized spacial score (nSPS) is 11.9. The quantitative estimate of drug-likeness (QED) is 0.411. The van der Waals surface area contributed by atoms with E-state index < -0.39 is 6.04 Å². The predicted octanol–water partition coefficient (Wildman–Crippen LogP) is 1.46. The summed E-state index contributed by atoms with van der Waals surface area (Å²) in [5.74, 6) is -0.800. The highest BCUT2D eigenvalue weighted by molar-refractivity contribution is 5.79. The molecule has 3 N–H and O–H groups in total. The number of anilines is 1. The zero-order valence-corrected chi connectivity index (χ0v) is 9.23. The van der Waals surface area contributed by atoms with Crippen LogP contribution in [0.15, 0.2) is 18.2 Å². The fourth-order valence-corrected chi connectivity index (χ4v) is 1.19. The van der Waals surface area contributed by atoms with Gasteiger partial charge in [-0.05, 0) is 26.0 Å². The number of rotatable bonds is 4. The number of esters is 1. The summed E-state index contributed by atoms with van der Waals surface area (Å²) in [6.45, 7) is 3.71. The molecule has 0 fully saturated rings. The topological polar surface area (TPSA) is 78.8 Å². The molecule has 0 amide bonds. The van der Waals surface area contributed by atoms with Gasteiger partial charge in [-0.2, -0.15) is 0 Å². The van der Waals surface area contributed by atoms with Crippen LogP contribution >= 0.6 is 0 Å². The molecule has 0 radical (unpaired) electrons. The van der Waals surface area contributed by atoms with Crippen LogP contribution in [0.4, 0.5) is 5.69 Å². The molecule has 1 aromatic carbocycles. The third kappa shape index (κ3) is 3.05. The molecule has 5 nitrogen and oxygen atoms in total. The molecular formula is C11H15NO4.